The number of alkyl halides is 3. The predicted octanol–water partition coefficient (Wildman–Crippen LogP) is 3.10. The molecule has 0 aliphatic carbocycles. The van der Waals surface area contributed by atoms with Crippen molar-refractivity contribution in [3.05, 3.63) is 42.2 Å². The van der Waals surface area contributed by atoms with Crippen LogP contribution in [0, 0.1) is 0 Å². The molecule has 0 saturated heterocycles. The minimum atomic E-state index is -4.70. The van der Waals surface area contributed by atoms with Crippen molar-refractivity contribution in [1.29, 1.82) is 0 Å². The van der Waals surface area contributed by atoms with Crippen LogP contribution in [0.2, 0.25) is 0 Å². The largest absolute Gasteiger partial charge is 0.573 e. The molecule has 0 aliphatic heterocycles. The Morgan fingerprint density at radius 2 is 1.73 bits per heavy atom. The van der Waals surface area contributed by atoms with E-state index in [1.807, 2.05) is 0 Å². The molecule has 8 heteroatoms. The maximum Gasteiger partial charge on any atom is 0.573 e. The highest BCUT2D eigenvalue weighted by molar-refractivity contribution is 5.85. The minimum absolute atomic E-state index is 0. The van der Waals surface area contributed by atoms with Crippen LogP contribution in [0.4, 0.5) is 13.2 Å². The van der Waals surface area contributed by atoms with Crippen molar-refractivity contribution < 1.29 is 22.3 Å². The van der Waals surface area contributed by atoms with Crippen LogP contribution < -0.4 is 16.2 Å². The summed E-state index contributed by atoms with van der Waals surface area (Å²) in [5.74, 6) is 0.953. The van der Waals surface area contributed by atoms with Gasteiger partial charge in [-0.05, 0) is 36.4 Å². The molecule has 0 aliphatic rings. The van der Waals surface area contributed by atoms with Gasteiger partial charge in [-0.15, -0.1) is 25.6 Å². The first-order valence-corrected chi connectivity index (χ1v) is 6.28. The first-order valence-electron chi connectivity index (χ1n) is 6.28. The van der Waals surface area contributed by atoms with Crippen LogP contribution in [0.5, 0.6) is 5.75 Å². The molecule has 4 N–H and O–H groups in total. The molecule has 0 bridgehead atoms. The lowest BCUT2D eigenvalue weighted by Crippen LogP contribution is -2.31. The zero-order valence-corrected chi connectivity index (χ0v) is 12.3. The van der Waals surface area contributed by atoms with Crippen molar-refractivity contribution in [3.63, 3.8) is 0 Å². The smallest absolute Gasteiger partial charge is 0.461 e. The van der Waals surface area contributed by atoms with Gasteiger partial charge in [0.2, 0.25) is 0 Å². The van der Waals surface area contributed by atoms with Crippen molar-refractivity contribution in [2.24, 2.45) is 11.5 Å². The van der Waals surface area contributed by atoms with E-state index in [1.165, 1.54) is 24.3 Å². The molecule has 0 saturated carbocycles. The normalized spacial score (nSPS) is 12.6. The Morgan fingerprint density at radius 1 is 1.09 bits per heavy atom. The first-order chi connectivity index (χ1) is 9.87. The number of halogens is 4. The van der Waals surface area contributed by atoms with Crippen molar-refractivity contribution in [2.45, 2.75) is 18.8 Å². The molecule has 2 rings (SSSR count). The van der Waals surface area contributed by atoms with Gasteiger partial charge in [0, 0.05) is 24.6 Å². The second-order valence-electron chi connectivity index (χ2n) is 4.54. The van der Waals surface area contributed by atoms with E-state index in [9.17, 15) is 13.2 Å². The van der Waals surface area contributed by atoms with Crippen LogP contribution >= 0.6 is 12.4 Å². The number of nitrogens with two attached hydrogens (primary N) is 2. The lowest BCUT2D eigenvalue weighted by Gasteiger charge is -2.08. The molecule has 2 aromatic rings. The van der Waals surface area contributed by atoms with Gasteiger partial charge in [0.1, 0.15) is 17.3 Å². The number of hydrogen-bond donors (Lipinski definition) is 2. The molecule has 122 valence electrons. The molecular weight excluding hydrogens is 321 g/mol. The topological polar surface area (TPSA) is 74.4 Å². The lowest BCUT2D eigenvalue weighted by molar-refractivity contribution is -0.274. The average Bonchev–Trinajstić information content (AvgIpc) is 2.86. The summed E-state index contributed by atoms with van der Waals surface area (Å²) < 4.78 is 45.6. The van der Waals surface area contributed by atoms with E-state index in [1.54, 1.807) is 12.1 Å². The van der Waals surface area contributed by atoms with Gasteiger partial charge in [-0.25, -0.2) is 0 Å². The van der Waals surface area contributed by atoms with E-state index < -0.39 is 6.36 Å². The summed E-state index contributed by atoms with van der Waals surface area (Å²) in [6, 6.07) is 8.77. The number of hydrogen-bond acceptors (Lipinski definition) is 4. The fraction of sp³-hybridized carbons (Fsp3) is 0.286. The molecule has 22 heavy (non-hydrogen) atoms. The highest BCUT2D eigenvalue weighted by Gasteiger charge is 2.30. The SMILES string of the molecule is Cl.NCC(N)Cc1ccc(-c2ccc(OC(F)(F)F)cc2)o1. The van der Waals surface area contributed by atoms with Gasteiger partial charge in [0.05, 0.1) is 0 Å². The molecule has 0 spiro atoms. The molecule has 1 unspecified atom stereocenters. The zero-order chi connectivity index (χ0) is 15.5. The maximum atomic E-state index is 12.1. The van der Waals surface area contributed by atoms with Crippen molar-refractivity contribution in [2.75, 3.05) is 6.54 Å². The Labute approximate surface area is 131 Å². The summed E-state index contributed by atoms with van der Waals surface area (Å²) in [5.41, 5.74) is 11.8. The third kappa shape index (κ3) is 5.25. The molecule has 0 radical (unpaired) electrons. The summed E-state index contributed by atoms with van der Waals surface area (Å²) in [5, 5.41) is 0. The summed E-state index contributed by atoms with van der Waals surface area (Å²) >= 11 is 0. The lowest BCUT2D eigenvalue weighted by atomic mass is 10.1. The Hall–Kier alpha value is -1.70. The molecule has 0 amide bonds. The van der Waals surface area contributed by atoms with E-state index in [0.717, 1.165) is 0 Å². The van der Waals surface area contributed by atoms with E-state index >= 15 is 0 Å². The van der Waals surface area contributed by atoms with Crippen molar-refractivity contribution in [3.8, 4) is 17.1 Å². The van der Waals surface area contributed by atoms with Gasteiger partial charge >= 0.3 is 6.36 Å². The molecule has 4 nitrogen and oxygen atoms in total. The summed E-state index contributed by atoms with van der Waals surface area (Å²) in [6.07, 6.45) is -4.19. The van der Waals surface area contributed by atoms with Crippen LogP contribution in [-0.4, -0.2) is 18.9 Å². The summed E-state index contributed by atoms with van der Waals surface area (Å²) in [6.45, 7) is 0.347. The summed E-state index contributed by atoms with van der Waals surface area (Å²) in [7, 11) is 0. The number of benzene rings is 1. The Balaban J connectivity index is 0.00000242. The zero-order valence-electron chi connectivity index (χ0n) is 11.5. The fourth-order valence-electron chi connectivity index (χ4n) is 1.81. The van der Waals surface area contributed by atoms with Crippen molar-refractivity contribution >= 4 is 12.4 Å². The van der Waals surface area contributed by atoms with Gasteiger partial charge in [-0.3, -0.25) is 0 Å². The number of rotatable bonds is 5. The highest BCUT2D eigenvalue weighted by Crippen LogP contribution is 2.27. The molecule has 1 aromatic carbocycles. The van der Waals surface area contributed by atoms with Crippen LogP contribution in [0.3, 0.4) is 0 Å². The molecule has 1 heterocycles. The van der Waals surface area contributed by atoms with Crippen LogP contribution in [0.1, 0.15) is 5.76 Å². The van der Waals surface area contributed by atoms with Gasteiger partial charge in [0.15, 0.2) is 0 Å². The minimum Gasteiger partial charge on any atom is -0.461 e. The van der Waals surface area contributed by atoms with Crippen LogP contribution in [-0.2, 0) is 6.42 Å². The Morgan fingerprint density at radius 3 is 2.27 bits per heavy atom. The van der Waals surface area contributed by atoms with Crippen LogP contribution in [0.25, 0.3) is 11.3 Å². The molecule has 1 aromatic heterocycles. The third-order valence-electron chi connectivity index (χ3n) is 2.80. The van der Waals surface area contributed by atoms with Gasteiger partial charge in [-0.2, -0.15) is 0 Å². The molecule has 1 atom stereocenters. The predicted molar refractivity (Wildman–Crippen MR) is 78.8 cm³/mol. The highest BCUT2D eigenvalue weighted by atomic mass is 35.5. The standard InChI is InChI=1S/C14H15F3N2O2.ClH/c15-14(16,17)21-11-3-1-9(2-4-11)13-6-5-12(20-13)7-10(19)8-18;/h1-6,10H,7-8,18-19H2;1H. The molecular formula is C14H16ClF3N2O2. The quantitative estimate of drug-likeness (QED) is 0.880. The van der Waals surface area contributed by atoms with Gasteiger partial charge in [0.25, 0.3) is 0 Å². The summed E-state index contributed by atoms with van der Waals surface area (Å²) in [4.78, 5) is 0. The number of ether oxygens (including phenoxy) is 1. The van der Waals surface area contributed by atoms with E-state index in [2.05, 4.69) is 4.74 Å². The second kappa shape index (κ2) is 7.53. The fourth-order valence-corrected chi connectivity index (χ4v) is 1.81. The third-order valence-corrected chi connectivity index (χ3v) is 2.80. The second-order valence-corrected chi connectivity index (χ2v) is 4.54. The van der Waals surface area contributed by atoms with Crippen molar-refractivity contribution in [1.82, 2.24) is 0 Å². The number of furan rings is 1. The first kappa shape index (κ1) is 18.3. The van der Waals surface area contributed by atoms with E-state index in [0.29, 0.717) is 30.0 Å². The van der Waals surface area contributed by atoms with Gasteiger partial charge in [-0.1, -0.05) is 0 Å². The maximum absolute atomic E-state index is 12.1. The van der Waals surface area contributed by atoms with Crippen LogP contribution in [0.15, 0.2) is 40.8 Å². The average molecular weight is 337 g/mol. The van der Waals surface area contributed by atoms with Gasteiger partial charge < -0.3 is 20.6 Å². The Bertz CT molecular complexity index is 585. The van der Waals surface area contributed by atoms with E-state index in [4.69, 9.17) is 15.9 Å². The van der Waals surface area contributed by atoms with E-state index in [-0.39, 0.29) is 24.2 Å². The Kier molecular flexibility index (Phi) is 6.28. The monoisotopic (exact) mass is 336 g/mol. The molecule has 0 fully saturated rings.